The zero-order chi connectivity index (χ0) is 13.7. The smallest absolute Gasteiger partial charge is 0.0724 e. The summed E-state index contributed by atoms with van der Waals surface area (Å²) in [5, 5.41) is 0. The molecule has 0 saturated heterocycles. The van der Waals surface area contributed by atoms with Crippen LogP contribution in [0.2, 0.25) is 0 Å². The first-order valence-corrected chi connectivity index (χ1v) is 7.09. The van der Waals surface area contributed by atoms with Crippen LogP contribution in [0.15, 0.2) is 46.9 Å². The van der Waals surface area contributed by atoms with Gasteiger partial charge in [-0.3, -0.25) is 0 Å². The zero-order valence-corrected chi connectivity index (χ0v) is 12.6. The van der Waals surface area contributed by atoms with Gasteiger partial charge in [-0.1, -0.05) is 46.3 Å². The quantitative estimate of drug-likeness (QED) is 0.906. The number of ether oxygens (including phenoxy) is 1. The monoisotopic (exact) mass is 319 g/mol. The van der Waals surface area contributed by atoms with Crippen molar-refractivity contribution < 1.29 is 4.74 Å². The van der Waals surface area contributed by atoms with E-state index in [1.54, 1.807) is 0 Å². The van der Waals surface area contributed by atoms with Crippen LogP contribution in [-0.2, 0) is 24.5 Å². The van der Waals surface area contributed by atoms with E-state index in [0.717, 1.165) is 10.0 Å². The Kier molecular flexibility index (Phi) is 5.14. The maximum Gasteiger partial charge on any atom is 0.0724 e. The van der Waals surface area contributed by atoms with Crippen molar-refractivity contribution in [1.82, 2.24) is 0 Å². The van der Waals surface area contributed by atoms with Gasteiger partial charge in [0.05, 0.1) is 13.2 Å². The minimum absolute atomic E-state index is 0.583. The van der Waals surface area contributed by atoms with Gasteiger partial charge in [-0.05, 0) is 41.3 Å². The topological polar surface area (TPSA) is 35.2 Å². The molecule has 2 aromatic carbocycles. The van der Waals surface area contributed by atoms with Crippen LogP contribution in [0.4, 0.5) is 0 Å². The Hall–Kier alpha value is -1.16. The maximum atomic E-state index is 5.76. The van der Waals surface area contributed by atoms with Gasteiger partial charge < -0.3 is 10.5 Å². The third-order valence-corrected chi connectivity index (χ3v) is 3.55. The highest BCUT2D eigenvalue weighted by atomic mass is 79.9. The first-order valence-electron chi connectivity index (χ1n) is 6.29. The summed E-state index contributed by atoms with van der Waals surface area (Å²) in [6.45, 7) is 3.93. The summed E-state index contributed by atoms with van der Waals surface area (Å²) < 4.78 is 6.84. The molecule has 0 aromatic heterocycles. The molecule has 0 aliphatic carbocycles. The average Bonchev–Trinajstić information content (AvgIpc) is 2.40. The Morgan fingerprint density at radius 3 is 2.58 bits per heavy atom. The minimum atomic E-state index is 0.583. The standard InChI is InChI=1S/C16H18BrNO/c1-12-7-13(9-18)5-6-15(12)11-19-10-14-3-2-4-16(17)8-14/h2-8H,9-11,18H2,1H3. The molecule has 100 valence electrons. The van der Waals surface area contributed by atoms with Gasteiger partial charge in [0.1, 0.15) is 0 Å². The molecule has 0 heterocycles. The fraction of sp³-hybridized carbons (Fsp3) is 0.250. The van der Waals surface area contributed by atoms with Crippen molar-refractivity contribution in [2.45, 2.75) is 26.7 Å². The van der Waals surface area contributed by atoms with E-state index in [0.29, 0.717) is 19.8 Å². The number of rotatable bonds is 5. The summed E-state index contributed by atoms with van der Waals surface area (Å²) in [6.07, 6.45) is 0. The first kappa shape index (κ1) is 14.3. The van der Waals surface area contributed by atoms with Crippen molar-refractivity contribution in [3.05, 3.63) is 69.2 Å². The van der Waals surface area contributed by atoms with Gasteiger partial charge in [0.2, 0.25) is 0 Å². The van der Waals surface area contributed by atoms with E-state index >= 15 is 0 Å². The number of halogens is 1. The van der Waals surface area contributed by atoms with Gasteiger partial charge in [0, 0.05) is 11.0 Å². The second kappa shape index (κ2) is 6.85. The van der Waals surface area contributed by atoms with Crippen LogP contribution in [0.5, 0.6) is 0 Å². The lowest BCUT2D eigenvalue weighted by molar-refractivity contribution is 0.107. The second-order valence-corrected chi connectivity index (χ2v) is 5.50. The van der Waals surface area contributed by atoms with E-state index in [2.05, 4.69) is 53.2 Å². The summed E-state index contributed by atoms with van der Waals surface area (Å²) in [5.41, 5.74) is 10.4. The molecule has 0 atom stereocenters. The average molecular weight is 320 g/mol. The molecule has 3 heteroatoms. The lowest BCUT2D eigenvalue weighted by atomic mass is 10.1. The van der Waals surface area contributed by atoms with Crippen LogP contribution in [-0.4, -0.2) is 0 Å². The molecule has 0 saturated carbocycles. The fourth-order valence-electron chi connectivity index (χ4n) is 1.95. The fourth-order valence-corrected chi connectivity index (χ4v) is 2.40. The summed E-state index contributed by atoms with van der Waals surface area (Å²) in [6, 6.07) is 14.4. The molecule has 2 N–H and O–H groups in total. The number of hydrogen-bond donors (Lipinski definition) is 1. The van der Waals surface area contributed by atoms with Crippen molar-refractivity contribution in [3.8, 4) is 0 Å². The normalized spacial score (nSPS) is 10.7. The van der Waals surface area contributed by atoms with E-state index in [-0.39, 0.29) is 0 Å². The van der Waals surface area contributed by atoms with Crippen LogP contribution in [0, 0.1) is 6.92 Å². The van der Waals surface area contributed by atoms with Gasteiger partial charge in [-0.2, -0.15) is 0 Å². The summed E-state index contributed by atoms with van der Waals surface area (Å²) >= 11 is 3.46. The molecule has 19 heavy (non-hydrogen) atoms. The van der Waals surface area contributed by atoms with Gasteiger partial charge in [-0.15, -0.1) is 0 Å². The minimum Gasteiger partial charge on any atom is -0.372 e. The van der Waals surface area contributed by atoms with Crippen LogP contribution >= 0.6 is 15.9 Å². The number of nitrogens with two attached hydrogens (primary N) is 1. The SMILES string of the molecule is Cc1cc(CN)ccc1COCc1cccc(Br)c1. The molecule has 2 rings (SSSR count). The van der Waals surface area contributed by atoms with E-state index in [1.165, 1.54) is 16.7 Å². The Morgan fingerprint density at radius 2 is 1.89 bits per heavy atom. The van der Waals surface area contributed by atoms with Crippen molar-refractivity contribution >= 4 is 15.9 Å². The largest absolute Gasteiger partial charge is 0.372 e. The molecule has 0 spiro atoms. The van der Waals surface area contributed by atoms with Crippen molar-refractivity contribution in [3.63, 3.8) is 0 Å². The van der Waals surface area contributed by atoms with E-state index in [9.17, 15) is 0 Å². The Balaban J connectivity index is 1.92. The zero-order valence-electron chi connectivity index (χ0n) is 11.0. The molecule has 0 unspecified atom stereocenters. The highest BCUT2D eigenvalue weighted by Gasteiger charge is 2.01. The molecule has 0 aliphatic heterocycles. The van der Waals surface area contributed by atoms with E-state index in [1.807, 2.05) is 12.1 Å². The lowest BCUT2D eigenvalue weighted by Crippen LogP contribution is -2.00. The van der Waals surface area contributed by atoms with Crippen molar-refractivity contribution in [1.29, 1.82) is 0 Å². The Morgan fingerprint density at radius 1 is 1.05 bits per heavy atom. The van der Waals surface area contributed by atoms with Crippen LogP contribution in [0.25, 0.3) is 0 Å². The number of benzene rings is 2. The third kappa shape index (κ3) is 4.16. The Bertz CT molecular complexity index is 554. The Labute approximate surface area is 122 Å². The number of hydrogen-bond acceptors (Lipinski definition) is 2. The van der Waals surface area contributed by atoms with Crippen LogP contribution in [0.1, 0.15) is 22.3 Å². The van der Waals surface area contributed by atoms with Gasteiger partial charge >= 0.3 is 0 Å². The predicted octanol–water partition coefficient (Wildman–Crippen LogP) is 3.93. The molecule has 2 aromatic rings. The molecule has 0 aliphatic rings. The molecule has 2 nitrogen and oxygen atoms in total. The van der Waals surface area contributed by atoms with E-state index < -0.39 is 0 Å². The lowest BCUT2D eigenvalue weighted by Gasteiger charge is -2.09. The highest BCUT2D eigenvalue weighted by Crippen LogP contribution is 2.15. The second-order valence-electron chi connectivity index (χ2n) is 4.59. The van der Waals surface area contributed by atoms with Gasteiger partial charge in [0.25, 0.3) is 0 Å². The molecule has 0 bridgehead atoms. The summed E-state index contributed by atoms with van der Waals surface area (Å²) in [4.78, 5) is 0. The number of aryl methyl sites for hydroxylation is 1. The molecule has 0 radical (unpaired) electrons. The van der Waals surface area contributed by atoms with Crippen molar-refractivity contribution in [2.24, 2.45) is 5.73 Å². The van der Waals surface area contributed by atoms with Crippen LogP contribution < -0.4 is 5.73 Å². The molecular formula is C16H18BrNO. The summed E-state index contributed by atoms with van der Waals surface area (Å²) in [5.74, 6) is 0. The molecule has 0 fully saturated rings. The maximum absolute atomic E-state index is 5.76. The molecular weight excluding hydrogens is 302 g/mol. The highest BCUT2D eigenvalue weighted by molar-refractivity contribution is 9.10. The van der Waals surface area contributed by atoms with E-state index in [4.69, 9.17) is 10.5 Å². The summed E-state index contributed by atoms with van der Waals surface area (Å²) in [7, 11) is 0. The van der Waals surface area contributed by atoms with Crippen LogP contribution in [0.3, 0.4) is 0 Å². The predicted molar refractivity (Wildman–Crippen MR) is 81.7 cm³/mol. The molecule has 0 amide bonds. The van der Waals surface area contributed by atoms with Crippen molar-refractivity contribution in [2.75, 3.05) is 0 Å². The third-order valence-electron chi connectivity index (χ3n) is 3.06. The first-order chi connectivity index (χ1) is 9.19. The van der Waals surface area contributed by atoms with Gasteiger partial charge in [0.15, 0.2) is 0 Å². The van der Waals surface area contributed by atoms with Gasteiger partial charge in [-0.25, -0.2) is 0 Å².